The van der Waals surface area contributed by atoms with Gasteiger partial charge in [0.05, 0.1) is 0 Å². The van der Waals surface area contributed by atoms with Gasteiger partial charge in [0, 0.05) is 34.5 Å². The van der Waals surface area contributed by atoms with Crippen molar-refractivity contribution < 1.29 is 0 Å². The van der Waals surface area contributed by atoms with Gasteiger partial charge in [0.25, 0.3) is 0 Å². The first-order valence-electron chi connectivity index (χ1n) is 18.7. The van der Waals surface area contributed by atoms with E-state index < -0.39 is 0 Å². The fraction of sp³-hybridized carbons (Fsp3) is 0.0588. The first kappa shape index (κ1) is 32.6. The van der Waals surface area contributed by atoms with E-state index in [0.717, 1.165) is 38.9 Å². The topological polar surface area (TPSA) is 51.6 Å². The highest BCUT2D eigenvalue weighted by Gasteiger charge is 2.36. The van der Waals surface area contributed by atoms with Crippen molar-refractivity contribution in [1.82, 2.24) is 19.9 Å². The van der Waals surface area contributed by atoms with Crippen molar-refractivity contribution in [3.05, 3.63) is 193 Å². The summed E-state index contributed by atoms with van der Waals surface area (Å²) in [6.45, 7) is 4.71. The second-order valence-electron chi connectivity index (χ2n) is 14.7. The van der Waals surface area contributed by atoms with Crippen LogP contribution in [0.4, 0.5) is 0 Å². The van der Waals surface area contributed by atoms with Gasteiger partial charge in [-0.2, -0.15) is 0 Å². The summed E-state index contributed by atoms with van der Waals surface area (Å²) in [4.78, 5) is 19.2. The van der Waals surface area contributed by atoms with Crippen molar-refractivity contribution >= 4 is 10.8 Å². The molecule has 0 saturated carbocycles. The van der Waals surface area contributed by atoms with Gasteiger partial charge in [-0.1, -0.05) is 153 Å². The summed E-state index contributed by atoms with van der Waals surface area (Å²) in [5.74, 6) is 1.90. The summed E-state index contributed by atoms with van der Waals surface area (Å²) in [5, 5.41) is 2.63. The minimum Gasteiger partial charge on any atom is -0.265 e. The van der Waals surface area contributed by atoms with Crippen LogP contribution in [0.25, 0.3) is 89.4 Å². The van der Waals surface area contributed by atoms with Gasteiger partial charge in [-0.25, -0.2) is 15.0 Å². The highest BCUT2D eigenvalue weighted by atomic mass is 15.0. The lowest BCUT2D eigenvalue weighted by atomic mass is 9.80. The highest BCUT2D eigenvalue weighted by molar-refractivity contribution is 5.98. The molecule has 7 aromatic carbocycles. The number of aromatic nitrogens is 4. The Kier molecular flexibility index (Phi) is 7.77. The van der Waals surface area contributed by atoms with Crippen molar-refractivity contribution in [2.45, 2.75) is 19.3 Å². The molecule has 0 saturated heterocycles. The highest BCUT2D eigenvalue weighted by Crippen LogP contribution is 2.52. The predicted octanol–water partition coefficient (Wildman–Crippen LogP) is 12.7. The van der Waals surface area contributed by atoms with Crippen LogP contribution >= 0.6 is 0 Å². The van der Waals surface area contributed by atoms with Crippen LogP contribution in [0.15, 0.2) is 182 Å². The Labute approximate surface area is 320 Å². The predicted molar refractivity (Wildman–Crippen MR) is 225 cm³/mol. The van der Waals surface area contributed by atoms with E-state index in [1.807, 2.05) is 54.9 Å². The molecule has 55 heavy (non-hydrogen) atoms. The molecule has 260 valence electrons. The fourth-order valence-corrected chi connectivity index (χ4v) is 8.22. The Morgan fingerprint density at radius 1 is 0.364 bits per heavy atom. The first-order valence-corrected chi connectivity index (χ1v) is 18.7. The normalized spacial score (nSPS) is 12.7. The molecule has 0 atom stereocenters. The maximum absolute atomic E-state index is 5.05. The van der Waals surface area contributed by atoms with Gasteiger partial charge in [-0.15, -0.1) is 0 Å². The largest absolute Gasteiger partial charge is 0.265 e. The van der Waals surface area contributed by atoms with Crippen LogP contribution in [-0.2, 0) is 5.41 Å². The van der Waals surface area contributed by atoms with Crippen LogP contribution in [0, 0.1) is 0 Å². The van der Waals surface area contributed by atoms with Crippen molar-refractivity contribution in [1.29, 1.82) is 0 Å². The summed E-state index contributed by atoms with van der Waals surface area (Å²) in [6.07, 6.45) is 3.62. The first-order chi connectivity index (χ1) is 27.0. The van der Waals surface area contributed by atoms with E-state index in [-0.39, 0.29) is 5.41 Å². The number of hydrogen-bond donors (Lipinski definition) is 0. The van der Waals surface area contributed by atoms with E-state index in [4.69, 9.17) is 15.0 Å². The maximum atomic E-state index is 5.05. The molecule has 10 rings (SSSR count). The molecular weight excluding hydrogens is 669 g/mol. The van der Waals surface area contributed by atoms with E-state index >= 15 is 0 Å². The van der Waals surface area contributed by atoms with Crippen LogP contribution in [0.3, 0.4) is 0 Å². The van der Waals surface area contributed by atoms with Gasteiger partial charge in [-0.3, -0.25) is 4.98 Å². The van der Waals surface area contributed by atoms with Crippen LogP contribution in [-0.4, -0.2) is 19.9 Å². The summed E-state index contributed by atoms with van der Waals surface area (Å²) < 4.78 is 0. The summed E-state index contributed by atoms with van der Waals surface area (Å²) in [6, 6.07) is 60.2. The van der Waals surface area contributed by atoms with E-state index in [0.29, 0.717) is 17.5 Å². The van der Waals surface area contributed by atoms with Crippen LogP contribution in [0.1, 0.15) is 25.0 Å². The minimum atomic E-state index is -0.0782. The zero-order valence-corrected chi connectivity index (χ0v) is 30.6. The molecule has 1 aliphatic rings. The van der Waals surface area contributed by atoms with Crippen molar-refractivity contribution in [3.63, 3.8) is 0 Å². The monoisotopic (exact) mass is 704 g/mol. The SMILES string of the molecule is CC1(C)c2ccc(-c3cccc(-c4cccc(-c5nc(-c6ccccc6)nc(-c6ccc(-c7ccncc7)cc6)n5)c4)c3)cc2-c2ccc3ccccc3c21. The molecule has 4 heteroatoms. The Bertz CT molecular complexity index is 2880. The fourth-order valence-electron chi connectivity index (χ4n) is 8.22. The van der Waals surface area contributed by atoms with Gasteiger partial charge in [0.15, 0.2) is 17.5 Å². The molecule has 0 spiro atoms. The molecule has 0 N–H and O–H groups in total. The molecule has 0 aliphatic heterocycles. The lowest BCUT2D eigenvalue weighted by Crippen LogP contribution is -2.15. The number of fused-ring (bicyclic) bond motifs is 5. The van der Waals surface area contributed by atoms with Gasteiger partial charge in [0.2, 0.25) is 0 Å². The van der Waals surface area contributed by atoms with Crippen LogP contribution < -0.4 is 0 Å². The Morgan fingerprint density at radius 3 is 1.58 bits per heavy atom. The number of benzene rings is 7. The zero-order valence-electron chi connectivity index (χ0n) is 30.6. The lowest BCUT2D eigenvalue weighted by Gasteiger charge is -2.23. The van der Waals surface area contributed by atoms with E-state index in [1.54, 1.807) is 0 Å². The molecule has 9 aromatic rings. The molecule has 0 unspecified atom stereocenters. The number of hydrogen-bond acceptors (Lipinski definition) is 4. The standard InChI is InChI=1S/C51H36N4/c1-51(2)46-25-23-41(32-45(46)44-24-22-35-10-6-7-17-43(35)47(44)51)39-14-8-13-38(30-39)40-15-9-16-42(31-40)50-54-48(36-11-4-3-5-12-36)53-49(55-50)37-20-18-33(19-21-37)34-26-28-52-29-27-34/h3-32H,1-2H3. The van der Waals surface area contributed by atoms with Gasteiger partial charge >= 0.3 is 0 Å². The number of pyridine rings is 1. The third-order valence-electron chi connectivity index (χ3n) is 11.0. The Morgan fingerprint density at radius 2 is 0.873 bits per heavy atom. The van der Waals surface area contributed by atoms with Crippen LogP contribution in [0.2, 0.25) is 0 Å². The van der Waals surface area contributed by atoms with E-state index in [2.05, 4.69) is 146 Å². The van der Waals surface area contributed by atoms with Crippen molar-refractivity contribution in [2.75, 3.05) is 0 Å². The number of rotatable bonds is 6. The molecule has 2 heterocycles. The van der Waals surface area contributed by atoms with E-state index in [9.17, 15) is 0 Å². The third kappa shape index (κ3) is 5.80. The maximum Gasteiger partial charge on any atom is 0.164 e. The zero-order chi connectivity index (χ0) is 36.9. The lowest BCUT2D eigenvalue weighted by molar-refractivity contribution is 0.666. The molecule has 0 amide bonds. The summed E-state index contributed by atoms with van der Waals surface area (Å²) in [7, 11) is 0. The summed E-state index contributed by atoms with van der Waals surface area (Å²) in [5.41, 5.74) is 15.0. The summed E-state index contributed by atoms with van der Waals surface area (Å²) >= 11 is 0. The van der Waals surface area contributed by atoms with Gasteiger partial charge < -0.3 is 0 Å². The molecule has 0 fully saturated rings. The quantitative estimate of drug-likeness (QED) is 0.173. The third-order valence-corrected chi connectivity index (χ3v) is 11.0. The Balaban J connectivity index is 1.02. The smallest absolute Gasteiger partial charge is 0.164 e. The molecular formula is C51H36N4. The molecule has 2 aromatic heterocycles. The van der Waals surface area contributed by atoms with Gasteiger partial charge in [-0.05, 0) is 96.7 Å². The van der Waals surface area contributed by atoms with E-state index in [1.165, 1.54) is 44.2 Å². The van der Waals surface area contributed by atoms with Crippen molar-refractivity contribution in [3.8, 4) is 78.7 Å². The Hall–Kier alpha value is -7.04. The van der Waals surface area contributed by atoms with Crippen molar-refractivity contribution in [2.24, 2.45) is 0 Å². The molecule has 4 nitrogen and oxygen atoms in total. The molecule has 1 aliphatic carbocycles. The second kappa shape index (κ2) is 13.1. The minimum absolute atomic E-state index is 0.0782. The molecule has 0 radical (unpaired) electrons. The van der Waals surface area contributed by atoms with Gasteiger partial charge in [0.1, 0.15) is 0 Å². The number of nitrogens with zero attached hydrogens (tertiary/aromatic N) is 4. The molecule has 0 bridgehead atoms. The van der Waals surface area contributed by atoms with Crippen LogP contribution in [0.5, 0.6) is 0 Å². The second-order valence-corrected chi connectivity index (χ2v) is 14.7. The average molecular weight is 705 g/mol. The average Bonchev–Trinajstić information content (AvgIpc) is 3.49.